The number of para-hydroxylation sites is 1. The number of carboxylic acids is 1. The van der Waals surface area contributed by atoms with E-state index in [2.05, 4.69) is 32.1 Å². The van der Waals surface area contributed by atoms with Crippen LogP contribution in [0.4, 0.5) is 11.8 Å². The number of carbonyl (C=O) groups is 1. The maximum atomic E-state index is 10.9. The van der Waals surface area contributed by atoms with Crippen molar-refractivity contribution in [2.24, 2.45) is 0 Å². The predicted molar refractivity (Wildman–Crippen MR) is 145 cm³/mol. The molecular weight excluding hydrogens is 472 g/mol. The van der Waals surface area contributed by atoms with Crippen molar-refractivity contribution in [2.75, 3.05) is 31.3 Å². The van der Waals surface area contributed by atoms with E-state index in [1.165, 1.54) is 0 Å². The van der Waals surface area contributed by atoms with Crippen LogP contribution in [-0.4, -0.2) is 57.0 Å². The Bertz CT molecular complexity index is 1380. The fraction of sp³-hybridized carbons (Fsp3) is 0.370. The first-order valence-corrected chi connectivity index (χ1v) is 12.4. The lowest BCUT2D eigenvalue weighted by Crippen LogP contribution is -2.22. The molecule has 4 rings (SSSR count). The molecule has 0 unspecified atom stereocenters. The number of ether oxygens (including phenoxy) is 1. The summed E-state index contributed by atoms with van der Waals surface area (Å²) in [5, 5.41) is 26.0. The first-order valence-electron chi connectivity index (χ1n) is 12.4. The topological polar surface area (TPSA) is 148 Å². The van der Waals surface area contributed by atoms with Gasteiger partial charge in [-0.15, -0.1) is 0 Å². The SMILES string of the molecule is CCC[C@@H](CCO)Nc1nc(N)nc2c3ccccc3n(Cc3cc(CNCC(=O)O)ccc3OC)c12. The van der Waals surface area contributed by atoms with Crippen LogP contribution in [0.5, 0.6) is 5.75 Å². The number of fused-ring (bicyclic) bond motifs is 3. The van der Waals surface area contributed by atoms with E-state index in [4.69, 9.17) is 15.6 Å². The number of nitrogens with one attached hydrogen (secondary N) is 2. The molecular formula is C27H34N6O4. The lowest BCUT2D eigenvalue weighted by Gasteiger charge is -2.20. The number of rotatable bonds is 13. The summed E-state index contributed by atoms with van der Waals surface area (Å²) < 4.78 is 7.82. The Kier molecular flexibility index (Phi) is 8.42. The molecule has 0 aliphatic carbocycles. The lowest BCUT2D eigenvalue weighted by atomic mass is 10.1. The number of aliphatic hydroxyl groups is 1. The Hall–Kier alpha value is -3.89. The Morgan fingerprint density at radius 3 is 2.73 bits per heavy atom. The van der Waals surface area contributed by atoms with Gasteiger partial charge in [-0.05, 0) is 36.6 Å². The maximum absolute atomic E-state index is 10.9. The zero-order chi connectivity index (χ0) is 26.4. The number of nitrogens with two attached hydrogens (primary N) is 1. The highest BCUT2D eigenvalue weighted by Gasteiger charge is 2.20. The van der Waals surface area contributed by atoms with Crippen molar-refractivity contribution in [3.8, 4) is 5.75 Å². The molecule has 10 nitrogen and oxygen atoms in total. The van der Waals surface area contributed by atoms with E-state index in [9.17, 15) is 9.90 Å². The van der Waals surface area contributed by atoms with E-state index in [-0.39, 0.29) is 25.1 Å². The molecule has 6 N–H and O–H groups in total. The fourth-order valence-corrected chi connectivity index (χ4v) is 4.75. The second-order valence-electron chi connectivity index (χ2n) is 9.02. The highest BCUT2D eigenvalue weighted by molar-refractivity contribution is 6.09. The molecule has 4 aromatic rings. The Morgan fingerprint density at radius 2 is 2.00 bits per heavy atom. The largest absolute Gasteiger partial charge is 0.496 e. The number of carboxylic acid groups (broad SMARTS) is 1. The molecule has 0 aliphatic rings. The fourth-order valence-electron chi connectivity index (χ4n) is 4.75. The first kappa shape index (κ1) is 26.2. The number of benzene rings is 2. The number of methoxy groups -OCH3 is 1. The minimum Gasteiger partial charge on any atom is -0.496 e. The van der Waals surface area contributed by atoms with Crippen LogP contribution in [0.1, 0.15) is 37.3 Å². The van der Waals surface area contributed by atoms with E-state index in [1.807, 2.05) is 42.5 Å². The summed E-state index contributed by atoms with van der Waals surface area (Å²) in [6, 6.07) is 13.9. The normalized spacial score (nSPS) is 12.2. The van der Waals surface area contributed by atoms with Crippen molar-refractivity contribution in [1.82, 2.24) is 19.9 Å². The summed E-state index contributed by atoms with van der Waals surface area (Å²) in [5.74, 6) is 0.633. The van der Waals surface area contributed by atoms with Gasteiger partial charge in [-0.3, -0.25) is 4.79 Å². The molecule has 0 amide bonds. The third-order valence-electron chi connectivity index (χ3n) is 6.36. The molecule has 0 fully saturated rings. The monoisotopic (exact) mass is 506 g/mol. The summed E-state index contributed by atoms with van der Waals surface area (Å²) in [6.07, 6.45) is 2.44. The van der Waals surface area contributed by atoms with Crippen LogP contribution < -0.4 is 21.1 Å². The third kappa shape index (κ3) is 5.92. The zero-order valence-electron chi connectivity index (χ0n) is 21.2. The van der Waals surface area contributed by atoms with Crippen LogP contribution in [0.15, 0.2) is 42.5 Å². The number of aliphatic carboxylic acids is 1. The number of hydrogen-bond donors (Lipinski definition) is 5. The molecule has 1 atom stereocenters. The summed E-state index contributed by atoms with van der Waals surface area (Å²) in [5.41, 5.74) is 10.6. The number of anilines is 2. The van der Waals surface area contributed by atoms with E-state index in [1.54, 1.807) is 7.11 Å². The average Bonchev–Trinajstić information content (AvgIpc) is 3.18. The van der Waals surface area contributed by atoms with Crippen LogP contribution >= 0.6 is 0 Å². The highest BCUT2D eigenvalue weighted by atomic mass is 16.5. The molecule has 37 heavy (non-hydrogen) atoms. The second kappa shape index (κ2) is 11.9. The molecule has 0 aliphatic heterocycles. The Labute approximate surface area is 215 Å². The van der Waals surface area contributed by atoms with Gasteiger partial charge in [-0.25, -0.2) is 4.98 Å². The molecule has 0 saturated heterocycles. The van der Waals surface area contributed by atoms with Crippen LogP contribution in [0.2, 0.25) is 0 Å². The van der Waals surface area contributed by atoms with Crippen LogP contribution in [0.3, 0.4) is 0 Å². The van der Waals surface area contributed by atoms with Crippen molar-refractivity contribution in [3.05, 3.63) is 53.6 Å². The average molecular weight is 507 g/mol. The number of aromatic nitrogens is 3. The zero-order valence-corrected chi connectivity index (χ0v) is 21.2. The van der Waals surface area contributed by atoms with Crippen LogP contribution in [0, 0.1) is 0 Å². The van der Waals surface area contributed by atoms with Crippen molar-refractivity contribution >= 4 is 39.7 Å². The second-order valence-corrected chi connectivity index (χ2v) is 9.02. The van der Waals surface area contributed by atoms with Gasteiger partial charge >= 0.3 is 5.97 Å². The molecule has 0 saturated carbocycles. The van der Waals surface area contributed by atoms with Gasteiger partial charge in [0.05, 0.1) is 25.7 Å². The molecule has 2 heterocycles. The van der Waals surface area contributed by atoms with Gasteiger partial charge in [0.15, 0.2) is 5.82 Å². The van der Waals surface area contributed by atoms with Crippen molar-refractivity contribution in [2.45, 2.75) is 45.3 Å². The number of aliphatic hydroxyl groups excluding tert-OH is 1. The number of hydrogen-bond acceptors (Lipinski definition) is 8. The van der Waals surface area contributed by atoms with E-state index in [0.29, 0.717) is 25.3 Å². The standard InChI is InChI=1S/C27H34N6O4/c1-3-6-19(11-12-34)30-26-25-24(31-27(28)32-26)20-7-4-5-8-21(20)33(25)16-18-13-17(9-10-22(18)37-2)14-29-15-23(35)36/h4-5,7-10,13,19,29,34H,3,6,11-12,14-16H2,1-2H3,(H,35,36)(H3,28,30,31,32)/t19-/m0/s1. The highest BCUT2D eigenvalue weighted by Crippen LogP contribution is 2.34. The van der Waals surface area contributed by atoms with E-state index >= 15 is 0 Å². The molecule has 2 aromatic carbocycles. The first-order chi connectivity index (χ1) is 17.9. The molecule has 0 radical (unpaired) electrons. The molecule has 2 aromatic heterocycles. The minimum absolute atomic E-state index is 0.0390. The quantitative estimate of drug-likeness (QED) is 0.184. The molecule has 0 spiro atoms. The van der Waals surface area contributed by atoms with Crippen molar-refractivity contribution < 1.29 is 19.7 Å². The summed E-state index contributed by atoms with van der Waals surface area (Å²) >= 11 is 0. The Morgan fingerprint density at radius 1 is 1.19 bits per heavy atom. The van der Waals surface area contributed by atoms with Gasteiger partial charge in [0.2, 0.25) is 5.95 Å². The van der Waals surface area contributed by atoms with Gasteiger partial charge in [0.25, 0.3) is 0 Å². The lowest BCUT2D eigenvalue weighted by molar-refractivity contribution is -0.136. The van der Waals surface area contributed by atoms with E-state index < -0.39 is 5.97 Å². The van der Waals surface area contributed by atoms with Crippen LogP contribution in [0.25, 0.3) is 21.9 Å². The van der Waals surface area contributed by atoms with Gasteiger partial charge in [0, 0.05) is 30.1 Å². The molecule has 10 heteroatoms. The van der Waals surface area contributed by atoms with Crippen LogP contribution in [-0.2, 0) is 17.9 Å². The van der Waals surface area contributed by atoms with E-state index in [0.717, 1.165) is 51.7 Å². The van der Waals surface area contributed by atoms with Crippen molar-refractivity contribution in [1.29, 1.82) is 0 Å². The smallest absolute Gasteiger partial charge is 0.317 e. The maximum Gasteiger partial charge on any atom is 0.317 e. The molecule has 0 bridgehead atoms. The van der Waals surface area contributed by atoms with Gasteiger partial charge in [0.1, 0.15) is 16.8 Å². The number of nitrogens with zero attached hydrogens (tertiary/aromatic N) is 3. The summed E-state index contributed by atoms with van der Waals surface area (Å²) in [7, 11) is 1.63. The van der Waals surface area contributed by atoms with Gasteiger partial charge < -0.3 is 35.9 Å². The van der Waals surface area contributed by atoms with Crippen molar-refractivity contribution in [3.63, 3.8) is 0 Å². The minimum atomic E-state index is -0.902. The van der Waals surface area contributed by atoms with Gasteiger partial charge in [-0.2, -0.15) is 4.98 Å². The molecule has 196 valence electrons. The summed E-state index contributed by atoms with van der Waals surface area (Å²) in [6.45, 7) is 2.96. The third-order valence-corrected chi connectivity index (χ3v) is 6.36. The van der Waals surface area contributed by atoms with Gasteiger partial charge in [-0.1, -0.05) is 37.6 Å². The Balaban J connectivity index is 1.83. The number of nitrogen functional groups attached to an aromatic ring is 1. The predicted octanol–water partition coefficient (Wildman–Crippen LogP) is 3.36. The summed E-state index contributed by atoms with van der Waals surface area (Å²) in [4.78, 5) is 20.1.